The zero-order valence-electron chi connectivity index (χ0n) is 16.8. The first-order chi connectivity index (χ1) is 15.3. The fourth-order valence-electron chi connectivity index (χ4n) is 4.24. The van der Waals surface area contributed by atoms with Gasteiger partial charge in [-0.05, 0) is 48.2 Å². The maximum atomic E-state index is 14.6. The zero-order chi connectivity index (χ0) is 22.6. The van der Waals surface area contributed by atoms with Crippen LogP contribution >= 0.6 is 11.6 Å². The van der Waals surface area contributed by atoms with Gasteiger partial charge in [-0.2, -0.15) is 0 Å². The second-order valence-corrected chi connectivity index (χ2v) is 8.29. The van der Waals surface area contributed by atoms with Gasteiger partial charge in [0.25, 0.3) is 0 Å². The van der Waals surface area contributed by atoms with E-state index in [1.165, 1.54) is 18.5 Å². The van der Waals surface area contributed by atoms with Crippen LogP contribution < -0.4 is 11.5 Å². The zero-order valence-corrected chi connectivity index (χ0v) is 17.5. The van der Waals surface area contributed by atoms with Gasteiger partial charge >= 0.3 is 0 Å². The molecule has 1 aliphatic rings. The highest BCUT2D eigenvalue weighted by Crippen LogP contribution is 2.35. The summed E-state index contributed by atoms with van der Waals surface area (Å²) in [6.45, 7) is 0. The van der Waals surface area contributed by atoms with Crippen molar-refractivity contribution in [3.05, 3.63) is 64.8 Å². The quantitative estimate of drug-likeness (QED) is 0.348. The largest absolute Gasteiger partial charge is 0.388 e. The molecule has 0 saturated heterocycles. The van der Waals surface area contributed by atoms with E-state index in [0.717, 1.165) is 0 Å². The fraction of sp³-hybridized carbons (Fsp3) is 0.227. The number of nitrogens with zero attached hydrogens (tertiary/aromatic N) is 4. The highest BCUT2D eigenvalue weighted by molar-refractivity contribution is 6.33. The Hall–Kier alpha value is -3.27. The van der Waals surface area contributed by atoms with Crippen LogP contribution in [-0.4, -0.2) is 41.9 Å². The van der Waals surface area contributed by atoms with Crippen LogP contribution in [-0.2, 0) is 6.42 Å². The lowest BCUT2D eigenvalue weighted by molar-refractivity contribution is 0.0317. The molecule has 0 aliphatic heterocycles. The fourth-order valence-corrected chi connectivity index (χ4v) is 4.39. The number of anilines is 2. The van der Waals surface area contributed by atoms with Crippen molar-refractivity contribution in [3.8, 4) is 0 Å². The first-order valence-corrected chi connectivity index (χ1v) is 10.4. The van der Waals surface area contributed by atoms with Crippen molar-refractivity contribution in [2.24, 2.45) is 0 Å². The number of aliphatic hydroxyl groups is 2. The smallest absolute Gasteiger partial charge is 0.146 e. The number of hydrogen-bond acceptors (Lipinski definition) is 7. The molecule has 0 bridgehead atoms. The average Bonchev–Trinajstić information content (AvgIpc) is 3.31. The molecule has 1 aliphatic carbocycles. The summed E-state index contributed by atoms with van der Waals surface area (Å²) in [5.74, 6) is 0.0423. The van der Waals surface area contributed by atoms with E-state index in [9.17, 15) is 14.6 Å². The van der Waals surface area contributed by atoms with Crippen LogP contribution in [0.3, 0.4) is 0 Å². The molecule has 0 radical (unpaired) electrons. The predicted molar refractivity (Wildman–Crippen MR) is 121 cm³/mol. The number of fused-ring (bicyclic) bond motifs is 2. The van der Waals surface area contributed by atoms with E-state index in [-0.39, 0.29) is 10.8 Å². The number of hydrogen-bond donors (Lipinski definition) is 4. The van der Waals surface area contributed by atoms with Gasteiger partial charge in [0.15, 0.2) is 0 Å². The minimum Gasteiger partial charge on any atom is -0.388 e. The normalized spacial score (nSPS) is 20.9. The van der Waals surface area contributed by atoms with Crippen LogP contribution in [0.15, 0.2) is 48.4 Å². The Morgan fingerprint density at radius 3 is 2.69 bits per heavy atom. The van der Waals surface area contributed by atoms with Gasteiger partial charge in [0.05, 0.1) is 22.0 Å². The SMILES string of the molecule is Nc1nc2cc(CCC3=CC(n4ccc5c(N)ncnc54)[C@@H](O)C3O)cc(F)c2cc1Cl. The molecule has 0 amide bonds. The van der Waals surface area contributed by atoms with E-state index in [4.69, 9.17) is 23.1 Å². The molecule has 5 rings (SSSR count). The first kappa shape index (κ1) is 20.6. The Labute approximate surface area is 187 Å². The summed E-state index contributed by atoms with van der Waals surface area (Å²) in [6, 6.07) is 5.90. The van der Waals surface area contributed by atoms with Crippen molar-refractivity contribution in [1.29, 1.82) is 0 Å². The topological polar surface area (TPSA) is 136 Å². The third-order valence-corrected chi connectivity index (χ3v) is 6.23. The second-order valence-electron chi connectivity index (χ2n) is 7.89. The molecule has 32 heavy (non-hydrogen) atoms. The second kappa shape index (κ2) is 7.70. The molecule has 3 aromatic heterocycles. The maximum absolute atomic E-state index is 14.6. The molecule has 4 aromatic rings. The van der Waals surface area contributed by atoms with E-state index in [1.54, 1.807) is 22.9 Å². The average molecular weight is 455 g/mol. The molecule has 0 spiro atoms. The van der Waals surface area contributed by atoms with Crippen molar-refractivity contribution >= 4 is 45.2 Å². The number of nitrogen functional groups attached to an aromatic ring is 2. The molecule has 8 nitrogen and oxygen atoms in total. The van der Waals surface area contributed by atoms with Crippen LogP contribution in [0, 0.1) is 5.82 Å². The summed E-state index contributed by atoms with van der Waals surface area (Å²) < 4.78 is 16.3. The van der Waals surface area contributed by atoms with Gasteiger partial charge in [0.2, 0.25) is 0 Å². The lowest BCUT2D eigenvalue weighted by Gasteiger charge is -2.19. The van der Waals surface area contributed by atoms with Crippen molar-refractivity contribution in [2.45, 2.75) is 31.1 Å². The summed E-state index contributed by atoms with van der Waals surface area (Å²) in [6.07, 6.45) is 3.72. The minimum absolute atomic E-state index is 0.138. The Balaban J connectivity index is 1.42. The van der Waals surface area contributed by atoms with Crippen LogP contribution in [0.5, 0.6) is 0 Å². The van der Waals surface area contributed by atoms with Gasteiger partial charge < -0.3 is 26.2 Å². The van der Waals surface area contributed by atoms with Crippen molar-refractivity contribution in [1.82, 2.24) is 19.5 Å². The van der Waals surface area contributed by atoms with Crippen LogP contribution in [0.2, 0.25) is 5.02 Å². The van der Waals surface area contributed by atoms with Gasteiger partial charge in [-0.25, -0.2) is 19.3 Å². The first-order valence-electron chi connectivity index (χ1n) is 10.0. The highest BCUT2D eigenvalue weighted by Gasteiger charge is 2.36. The third kappa shape index (κ3) is 3.35. The van der Waals surface area contributed by atoms with E-state index < -0.39 is 24.1 Å². The number of aryl methyl sites for hydroxylation is 1. The predicted octanol–water partition coefficient (Wildman–Crippen LogP) is 2.77. The number of aromatic nitrogens is 4. The van der Waals surface area contributed by atoms with Crippen molar-refractivity contribution in [3.63, 3.8) is 0 Å². The Bertz CT molecular complexity index is 1390. The standard InChI is InChI=1S/C22H20ClFN6O2/c23-14-8-13-15(24)5-10(6-16(13)29-21(14)26)1-2-11-7-17(19(32)18(11)31)30-4-3-12-20(25)27-9-28-22(12)30/h3-9,17-19,31-32H,1-2H2,(H2,26,29)(H2,25,27,28)/t17?,18?,19-/m1/s1. The molecule has 2 unspecified atom stereocenters. The number of rotatable bonds is 4. The molecule has 3 heterocycles. The molecule has 0 saturated carbocycles. The van der Waals surface area contributed by atoms with E-state index >= 15 is 0 Å². The van der Waals surface area contributed by atoms with Crippen molar-refractivity contribution < 1.29 is 14.6 Å². The lowest BCUT2D eigenvalue weighted by Crippen LogP contribution is -2.29. The molecule has 0 fully saturated rings. The molecule has 164 valence electrons. The number of halogens is 2. The van der Waals surface area contributed by atoms with Crippen molar-refractivity contribution in [2.75, 3.05) is 11.5 Å². The lowest BCUT2D eigenvalue weighted by atomic mass is 10.0. The number of benzene rings is 1. The third-order valence-electron chi connectivity index (χ3n) is 5.93. The molecule has 3 atom stereocenters. The van der Waals surface area contributed by atoms with Gasteiger partial charge in [0.1, 0.15) is 41.6 Å². The summed E-state index contributed by atoms with van der Waals surface area (Å²) in [7, 11) is 0. The monoisotopic (exact) mass is 454 g/mol. The van der Waals surface area contributed by atoms with E-state index in [2.05, 4.69) is 15.0 Å². The minimum atomic E-state index is -1.05. The molecular weight excluding hydrogens is 435 g/mol. The summed E-state index contributed by atoms with van der Waals surface area (Å²) in [5, 5.41) is 22.5. The van der Waals surface area contributed by atoms with Crippen LogP contribution in [0.4, 0.5) is 16.0 Å². The van der Waals surface area contributed by atoms with Gasteiger partial charge in [-0.15, -0.1) is 0 Å². The van der Waals surface area contributed by atoms with Gasteiger partial charge in [-0.3, -0.25) is 0 Å². The number of aliphatic hydroxyl groups excluding tert-OH is 2. The van der Waals surface area contributed by atoms with Gasteiger partial charge in [-0.1, -0.05) is 17.7 Å². The Morgan fingerprint density at radius 2 is 1.88 bits per heavy atom. The Kier molecular flexibility index (Phi) is 4.96. The summed E-state index contributed by atoms with van der Waals surface area (Å²) in [5.41, 5.74) is 14.0. The van der Waals surface area contributed by atoms with Crippen LogP contribution in [0.1, 0.15) is 18.0 Å². The molecule has 1 aromatic carbocycles. The van der Waals surface area contributed by atoms with Crippen LogP contribution in [0.25, 0.3) is 21.9 Å². The molecule has 10 heteroatoms. The van der Waals surface area contributed by atoms with E-state index in [1.807, 2.05) is 6.08 Å². The summed E-state index contributed by atoms with van der Waals surface area (Å²) in [4.78, 5) is 12.4. The summed E-state index contributed by atoms with van der Waals surface area (Å²) >= 11 is 5.95. The highest BCUT2D eigenvalue weighted by atomic mass is 35.5. The molecule has 6 N–H and O–H groups in total. The van der Waals surface area contributed by atoms with Gasteiger partial charge in [0, 0.05) is 11.6 Å². The molecular formula is C22H20ClFN6O2. The maximum Gasteiger partial charge on any atom is 0.146 e. The van der Waals surface area contributed by atoms with E-state index in [0.29, 0.717) is 51.7 Å². The number of pyridine rings is 1. The Morgan fingerprint density at radius 1 is 1.06 bits per heavy atom. The number of nitrogens with two attached hydrogens (primary N) is 2.